The number of hydrogen-bond acceptors (Lipinski definition) is 4. The zero-order valence-electron chi connectivity index (χ0n) is 15.3. The van der Waals surface area contributed by atoms with Gasteiger partial charge in [-0.2, -0.15) is 18.3 Å². The monoisotopic (exact) mass is 450 g/mol. The van der Waals surface area contributed by atoms with Crippen molar-refractivity contribution in [3.63, 3.8) is 0 Å². The van der Waals surface area contributed by atoms with Gasteiger partial charge < -0.3 is 5.32 Å². The first-order chi connectivity index (χ1) is 14.3. The molecule has 0 unspecified atom stereocenters. The Morgan fingerprint density at radius 2 is 1.97 bits per heavy atom. The van der Waals surface area contributed by atoms with Crippen molar-refractivity contribution < 1.29 is 18.0 Å². The molecular weight excluding hydrogens is 437 g/mol. The second-order valence-electron chi connectivity index (χ2n) is 6.43. The van der Waals surface area contributed by atoms with Crippen molar-refractivity contribution >= 4 is 34.5 Å². The summed E-state index contributed by atoms with van der Waals surface area (Å²) in [5, 5.41) is 8.83. The molecule has 1 aromatic carbocycles. The van der Waals surface area contributed by atoms with E-state index in [1.807, 2.05) is 12.1 Å². The summed E-state index contributed by atoms with van der Waals surface area (Å²) >= 11 is 7.11. The Labute approximate surface area is 178 Å². The molecule has 10 heteroatoms. The van der Waals surface area contributed by atoms with Crippen LogP contribution >= 0.6 is 22.9 Å². The van der Waals surface area contributed by atoms with Crippen molar-refractivity contribution in [2.24, 2.45) is 0 Å². The highest BCUT2D eigenvalue weighted by molar-refractivity contribution is 7.13. The number of nitrogens with one attached hydrogen (secondary N) is 1. The molecule has 0 aliphatic carbocycles. The Morgan fingerprint density at radius 3 is 2.63 bits per heavy atom. The van der Waals surface area contributed by atoms with Crippen LogP contribution in [0.1, 0.15) is 21.6 Å². The highest BCUT2D eigenvalue weighted by Gasteiger charge is 2.36. The molecule has 0 saturated carbocycles. The van der Waals surface area contributed by atoms with Gasteiger partial charge in [0.05, 0.1) is 16.8 Å². The summed E-state index contributed by atoms with van der Waals surface area (Å²) in [6, 6.07) is 11.5. The second kappa shape index (κ2) is 8.08. The molecule has 3 aromatic heterocycles. The van der Waals surface area contributed by atoms with E-state index in [-0.39, 0.29) is 16.9 Å². The van der Waals surface area contributed by atoms with Crippen LogP contribution in [0.2, 0.25) is 5.02 Å². The number of nitrogens with zero attached hydrogens (tertiary/aromatic N) is 3. The van der Waals surface area contributed by atoms with Crippen molar-refractivity contribution in [3.05, 3.63) is 75.9 Å². The van der Waals surface area contributed by atoms with Crippen LogP contribution < -0.4 is 5.32 Å². The van der Waals surface area contributed by atoms with Gasteiger partial charge in [-0.1, -0.05) is 29.8 Å². The number of alkyl halides is 3. The van der Waals surface area contributed by atoms with E-state index in [1.54, 1.807) is 29.6 Å². The van der Waals surface area contributed by atoms with Gasteiger partial charge in [-0.05, 0) is 41.6 Å². The summed E-state index contributed by atoms with van der Waals surface area (Å²) in [4.78, 5) is 17.5. The Balaban J connectivity index is 1.63. The van der Waals surface area contributed by atoms with E-state index in [2.05, 4.69) is 15.4 Å². The third kappa shape index (κ3) is 4.17. The Bertz CT molecular complexity index is 1190. The first-order valence-corrected chi connectivity index (χ1v) is 10.1. The molecule has 0 spiro atoms. The van der Waals surface area contributed by atoms with E-state index in [0.717, 1.165) is 17.8 Å². The number of aromatic nitrogens is 3. The lowest BCUT2D eigenvalue weighted by Gasteiger charge is -2.11. The minimum absolute atomic E-state index is 0.0185. The maximum Gasteiger partial charge on any atom is 0.433 e. The van der Waals surface area contributed by atoms with Crippen LogP contribution in [-0.2, 0) is 12.6 Å². The molecule has 30 heavy (non-hydrogen) atoms. The number of hydrogen-bond donors (Lipinski definition) is 1. The van der Waals surface area contributed by atoms with E-state index in [0.29, 0.717) is 27.4 Å². The van der Waals surface area contributed by atoms with Gasteiger partial charge >= 0.3 is 6.18 Å². The average molecular weight is 451 g/mol. The minimum Gasteiger partial charge on any atom is -0.352 e. The molecule has 0 atom stereocenters. The first kappa shape index (κ1) is 20.4. The molecule has 1 amide bonds. The van der Waals surface area contributed by atoms with Gasteiger partial charge in [0.15, 0.2) is 11.3 Å². The van der Waals surface area contributed by atoms with Crippen LogP contribution in [0, 0.1) is 0 Å². The fraction of sp³-hybridized carbons (Fsp3) is 0.150. The summed E-state index contributed by atoms with van der Waals surface area (Å²) in [6.07, 6.45) is -3.00. The Morgan fingerprint density at radius 1 is 1.20 bits per heavy atom. The fourth-order valence-corrected chi connectivity index (χ4v) is 3.75. The van der Waals surface area contributed by atoms with Crippen LogP contribution in [0.5, 0.6) is 0 Å². The van der Waals surface area contributed by atoms with Gasteiger partial charge in [-0.15, -0.1) is 11.3 Å². The molecule has 0 fully saturated rings. The smallest absolute Gasteiger partial charge is 0.352 e. The van der Waals surface area contributed by atoms with E-state index >= 15 is 0 Å². The van der Waals surface area contributed by atoms with Gasteiger partial charge in [0.1, 0.15) is 5.56 Å². The fourth-order valence-electron chi connectivity index (χ4n) is 2.94. The molecular formula is C20H14ClF3N4OS. The molecule has 0 radical (unpaired) electrons. The van der Waals surface area contributed by atoms with Crippen LogP contribution in [0.4, 0.5) is 13.2 Å². The normalized spacial score (nSPS) is 11.7. The molecule has 4 rings (SSSR count). The van der Waals surface area contributed by atoms with Crippen LogP contribution in [-0.4, -0.2) is 27.0 Å². The lowest BCUT2D eigenvalue weighted by atomic mass is 10.1. The first-order valence-electron chi connectivity index (χ1n) is 8.85. The topological polar surface area (TPSA) is 59.3 Å². The van der Waals surface area contributed by atoms with Crippen molar-refractivity contribution in [1.82, 2.24) is 19.9 Å². The second-order valence-corrected chi connectivity index (χ2v) is 7.81. The Kier molecular flexibility index (Phi) is 5.48. The van der Waals surface area contributed by atoms with Crippen LogP contribution in [0.25, 0.3) is 16.2 Å². The number of thiophene rings is 1. The largest absolute Gasteiger partial charge is 0.433 e. The van der Waals surface area contributed by atoms with Crippen molar-refractivity contribution in [2.45, 2.75) is 12.6 Å². The quantitative estimate of drug-likeness (QED) is 0.460. The van der Waals surface area contributed by atoms with Crippen molar-refractivity contribution in [2.75, 3.05) is 6.54 Å². The Hall–Kier alpha value is -2.91. The molecule has 154 valence electrons. The molecule has 0 aliphatic heterocycles. The summed E-state index contributed by atoms with van der Waals surface area (Å²) in [5.41, 5.74) is -0.0408. The van der Waals surface area contributed by atoms with Gasteiger partial charge in [0.25, 0.3) is 5.91 Å². The highest BCUT2D eigenvalue weighted by atomic mass is 35.5. The number of halogens is 4. The van der Waals surface area contributed by atoms with E-state index in [1.165, 1.54) is 11.3 Å². The number of rotatable bonds is 5. The number of amides is 1. The third-order valence-corrected chi connectivity index (χ3v) is 5.54. The zero-order chi connectivity index (χ0) is 21.3. The molecule has 0 saturated heterocycles. The summed E-state index contributed by atoms with van der Waals surface area (Å²) < 4.78 is 41.4. The van der Waals surface area contributed by atoms with Crippen molar-refractivity contribution in [3.8, 4) is 10.6 Å². The lowest BCUT2D eigenvalue weighted by molar-refractivity contribution is -0.142. The van der Waals surface area contributed by atoms with Crippen molar-refractivity contribution in [1.29, 1.82) is 0 Å². The van der Waals surface area contributed by atoms with Gasteiger partial charge in [-0.25, -0.2) is 9.50 Å². The number of benzene rings is 1. The standard InChI is InChI=1S/C20H14ClF3N4OS/c21-13-5-3-12(4-6-13)7-8-25-19(29)14-11-26-28-17(20(22,23)24)10-15(27-18(14)28)16-2-1-9-30-16/h1-6,9-11H,7-8H2,(H,25,29). The van der Waals surface area contributed by atoms with E-state index < -0.39 is 17.8 Å². The molecule has 0 aliphatic rings. The number of fused-ring (bicyclic) bond motifs is 1. The van der Waals surface area contributed by atoms with E-state index in [4.69, 9.17) is 11.6 Å². The number of carbonyl (C=O) groups excluding carboxylic acids is 1. The maximum atomic E-state index is 13.6. The molecule has 4 aromatic rings. The summed E-state index contributed by atoms with van der Waals surface area (Å²) in [5.74, 6) is -0.539. The molecule has 3 heterocycles. The lowest BCUT2D eigenvalue weighted by Crippen LogP contribution is -2.26. The van der Waals surface area contributed by atoms with E-state index in [9.17, 15) is 18.0 Å². The van der Waals surface area contributed by atoms with Crippen LogP contribution in [0.3, 0.4) is 0 Å². The van der Waals surface area contributed by atoms with Crippen LogP contribution in [0.15, 0.2) is 54.0 Å². The third-order valence-electron chi connectivity index (χ3n) is 4.39. The highest BCUT2D eigenvalue weighted by Crippen LogP contribution is 2.33. The SMILES string of the molecule is O=C(NCCc1ccc(Cl)cc1)c1cnn2c(C(F)(F)F)cc(-c3cccs3)nc12. The van der Waals surface area contributed by atoms with Gasteiger partial charge in [0, 0.05) is 11.6 Å². The maximum absolute atomic E-state index is 13.6. The molecule has 1 N–H and O–H groups in total. The van der Waals surface area contributed by atoms with Gasteiger partial charge in [-0.3, -0.25) is 4.79 Å². The zero-order valence-corrected chi connectivity index (χ0v) is 16.9. The predicted octanol–water partition coefficient (Wildman–Crippen LogP) is 5.10. The molecule has 0 bridgehead atoms. The number of carbonyl (C=O) groups is 1. The predicted molar refractivity (Wildman–Crippen MR) is 109 cm³/mol. The average Bonchev–Trinajstić information content (AvgIpc) is 3.37. The summed E-state index contributed by atoms with van der Waals surface area (Å²) in [6.45, 7) is 0.300. The summed E-state index contributed by atoms with van der Waals surface area (Å²) in [7, 11) is 0. The van der Waals surface area contributed by atoms with Gasteiger partial charge in [0.2, 0.25) is 0 Å². The minimum atomic E-state index is -4.65. The molecule has 5 nitrogen and oxygen atoms in total.